The first-order valence-electron chi connectivity index (χ1n) is 3.71. The highest BCUT2D eigenvalue weighted by Crippen LogP contribution is 2.16. The van der Waals surface area contributed by atoms with Crippen LogP contribution < -0.4 is 0 Å². The van der Waals surface area contributed by atoms with Gasteiger partial charge in [0.15, 0.2) is 0 Å². The van der Waals surface area contributed by atoms with Gasteiger partial charge in [-0.25, -0.2) is 0 Å². The van der Waals surface area contributed by atoms with Crippen LogP contribution in [0.25, 0.3) is 0 Å². The highest BCUT2D eigenvalue weighted by Gasteiger charge is 2.55. The van der Waals surface area contributed by atoms with Crippen molar-refractivity contribution in [1.29, 1.82) is 0 Å². The molecule has 1 aliphatic rings. The van der Waals surface area contributed by atoms with Crippen molar-refractivity contribution < 1.29 is 9.66 Å². The van der Waals surface area contributed by atoms with Crippen molar-refractivity contribution in [3.63, 3.8) is 0 Å². The molecule has 1 aliphatic heterocycles. The van der Waals surface area contributed by atoms with Crippen molar-refractivity contribution in [3.8, 4) is 0 Å². The van der Waals surface area contributed by atoms with E-state index >= 15 is 0 Å². The van der Waals surface area contributed by atoms with Gasteiger partial charge in [0.1, 0.15) is 11.4 Å². The number of rotatable bonds is 4. The molecule has 1 fully saturated rings. The Morgan fingerprint density at radius 2 is 2.17 bits per heavy atom. The Morgan fingerprint density at radius 1 is 1.50 bits per heavy atom. The molecule has 1 saturated heterocycles. The maximum absolute atomic E-state index is 11.1. The Labute approximate surface area is 70.7 Å². The van der Waals surface area contributed by atoms with Crippen LogP contribution in [0.3, 0.4) is 0 Å². The van der Waals surface area contributed by atoms with Crippen molar-refractivity contribution in [3.05, 3.63) is 30.2 Å². The number of carbonyl (C=O) groups excluding carboxylic acids is 1. The van der Waals surface area contributed by atoms with E-state index in [4.69, 9.17) is 0 Å². The Hall–Kier alpha value is -1.45. The maximum atomic E-state index is 11.1. The fourth-order valence-electron chi connectivity index (χ4n) is 1.12. The van der Waals surface area contributed by atoms with E-state index in [0.29, 0.717) is 11.3 Å². The van der Waals surface area contributed by atoms with E-state index in [0.717, 1.165) is 5.01 Å². The van der Waals surface area contributed by atoms with Gasteiger partial charge in [0.05, 0.1) is 4.91 Å². The van der Waals surface area contributed by atoms with Crippen LogP contribution in [0.4, 0.5) is 0 Å². The first-order valence-corrected chi connectivity index (χ1v) is 3.71. The summed E-state index contributed by atoms with van der Waals surface area (Å²) in [5.74, 6) is -0.148. The summed E-state index contributed by atoms with van der Waals surface area (Å²) in [6.45, 7) is 7.20. The summed E-state index contributed by atoms with van der Waals surface area (Å²) < 4.78 is 0. The topological polar surface area (TPSA) is 40.4 Å². The summed E-state index contributed by atoms with van der Waals surface area (Å²) in [6.07, 6.45) is 3.50. The molecule has 1 heterocycles. The Balaban J connectivity index is 2.55. The number of nitrogens with zero attached hydrogens (tertiary/aromatic N) is 2. The summed E-state index contributed by atoms with van der Waals surface area (Å²) in [6, 6.07) is -0.553. The van der Waals surface area contributed by atoms with Crippen LogP contribution in [0.2, 0.25) is 0 Å². The third-order valence-corrected chi connectivity index (χ3v) is 1.74. The molecule has 1 unspecified atom stereocenters. The zero-order valence-electron chi connectivity index (χ0n) is 6.77. The minimum absolute atomic E-state index is 0.148. The van der Waals surface area contributed by atoms with E-state index in [-0.39, 0.29) is 12.5 Å². The predicted molar refractivity (Wildman–Crippen MR) is 44.1 cm³/mol. The molecule has 1 amide bonds. The third kappa shape index (κ3) is 1.15. The average molecular weight is 167 g/mol. The van der Waals surface area contributed by atoms with Crippen molar-refractivity contribution in [1.82, 2.24) is 5.01 Å². The van der Waals surface area contributed by atoms with Gasteiger partial charge < -0.3 is 0 Å². The molecule has 1 rings (SSSR count). The van der Waals surface area contributed by atoms with Gasteiger partial charge in [0.25, 0.3) is 0 Å². The van der Waals surface area contributed by atoms with Crippen LogP contribution in [0, 0.1) is 4.91 Å². The van der Waals surface area contributed by atoms with Gasteiger partial charge in [-0.3, -0.25) is 4.79 Å². The molecule has 0 bridgehead atoms. The van der Waals surface area contributed by atoms with Crippen LogP contribution in [0.1, 0.15) is 6.42 Å². The van der Waals surface area contributed by atoms with E-state index in [1.54, 1.807) is 6.08 Å². The van der Waals surface area contributed by atoms with E-state index < -0.39 is 6.04 Å². The van der Waals surface area contributed by atoms with E-state index in [9.17, 15) is 9.70 Å². The van der Waals surface area contributed by atoms with E-state index in [2.05, 4.69) is 13.2 Å². The SMILES string of the molecule is C=CCC1C(=O)N(CC=C)[N+]1=O. The fourth-order valence-corrected chi connectivity index (χ4v) is 1.12. The second-order valence-electron chi connectivity index (χ2n) is 2.55. The number of nitroso groups, excluding NO2 is 1. The third-order valence-electron chi connectivity index (χ3n) is 1.74. The van der Waals surface area contributed by atoms with Gasteiger partial charge in [0.2, 0.25) is 0 Å². The van der Waals surface area contributed by atoms with E-state index in [1.165, 1.54) is 6.08 Å². The van der Waals surface area contributed by atoms with Gasteiger partial charge in [-0.15, -0.1) is 13.2 Å². The van der Waals surface area contributed by atoms with Crippen LogP contribution in [-0.4, -0.2) is 28.4 Å². The molecule has 0 aromatic heterocycles. The number of hydrazine groups is 1. The lowest BCUT2D eigenvalue weighted by Gasteiger charge is -2.23. The van der Waals surface area contributed by atoms with Gasteiger partial charge >= 0.3 is 11.9 Å². The average Bonchev–Trinajstić information content (AvgIpc) is 2.10. The number of amides is 1. The summed E-state index contributed by atoms with van der Waals surface area (Å²) in [5, 5.41) is 1.11. The smallest absolute Gasteiger partial charge is 0.261 e. The van der Waals surface area contributed by atoms with Gasteiger partial charge in [-0.2, -0.15) is 0 Å². The second-order valence-corrected chi connectivity index (χ2v) is 2.55. The van der Waals surface area contributed by atoms with Crippen LogP contribution in [0.15, 0.2) is 25.3 Å². The lowest BCUT2D eigenvalue weighted by Crippen LogP contribution is -2.62. The van der Waals surface area contributed by atoms with Crippen molar-refractivity contribution in [2.75, 3.05) is 6.54 Å². The fraction of sp³-hybridized carbons (Fsp3) is 0.375. The molecule has 0 aromatic carbocycles. The van der Waals surface area contributed by atoms with Crippen LogP contribution in [-0.2, 0) is 4.79 Å². The Bertz CT molecular complexity index is 209. The maximum Gasteiger partial charge on any atom is 0.357 e. The first-order chi connectivity index (χ1) is 5.72. The summed E-state index contributed by atoms with van der Waals surface area (Å²) in [7, 11) is 0. The predicted octanol–water partition coefficient (Wildman–Crippen LogP) is 0.653. The standard InChI is InChI=1S/C8H11N2O2/c1-3-5-7-8(11)9(6-4-2)10(7)12/h3-4,7H,1-2,5-6H2/q+1. The molecule has 0 N–H and O–H groups in total. The molecule has 1 atom stereocenters. The van der Waals surface area contributed by atoms with E-state index in [1.807, 2.05) is 0 Å². The zero-order chi connectivity index (χ0) is 9.14. The molecule has 0 radical (unpaired) electrons. The molecule has 4 nitrogen and oxygen atoms in total. The quantitative estimate of drug-likeness (QED) is 0.455. The van der Waals surface area contributed by atoms with Crippen molar-refractivity contribution in [2.24, 2.45) is 0 Å². The summed E-state index contributed by atoms with van der Waals surface area (Å²) >= 11 is 0. The zero-order valence-corrected chi connectivity index (χ0v) is 6.77. The molecule has 0 saturated carbocycles. The highest BCUT2D eigenvalue weighted by molar-refractivity contribution is 5.83. The lowest BCUT2D eigenvalue weighted by atomic mass is 10.1. The summed E-state index contributed by atoms with van der Waals surface area (Å²) in [5.41, 5.74) is 0. The number of hydrogen-bond acceptors (Lipinski definition) is 2. The molecule has 0 spiro atoms. The Morgan fingerprint density at radius 3 is 2.58 bits per heavy atom. The second kappa shape index (κ2) is 3.30. The molecule has 4 heteroatoms. The molecular weight excluding hydrogens is 156 g/mol. The van der Waals surface area contributed by atoms with Crippen molar-refractivity contribution >= 4 is 5.91 Å². The van der Waals surface area contributed by atoms with Gasteiger partial charge in [-0.05, 0) is 0 Å². The number of hydrogen-bond donors (Lipinski definition) is 0. The van der Waals surface area contributed by atoms with Crippen LogP contribution in [0.5, 0.6) is 0 Å². The first kappa shape index (κ1) is 8.64. The monoisotopic (exact) mass is 167 g/mol. The molecule has 64 valence electrons. The summed E-state index contributed by atoms with van der Waals surface area (Å²) in [4.78, 5) is 22.9. The minimum atomic E-state index is -0.553. The highest BCUT2D eigenvalue weighted by atomic mass is 16.4. The largest absolute Gasteiger partial charge is 0.357 e. The molecule has 0 aliphatic carbocycles. The molecular formula is C8H11N2O2+. The number of carbonyl (C=O) groups is 1. The van der Waals surface area contributed by atoms with Crippen LogP contribution >= 0.6 is 0 Å². The molecule has 0 aromatic rings. The molecule has 12 heavy (non-hydrogen) atoms. The van der Waals surface area contributed by atoms with Gasteiger partial charge in [-0.1, -0.05) is 17.2 Å². The van der Waals surface area contributed by atoms with Crippen molar-refractivity contribution in [2.45, 2.75) is 12.5 Å². The normalized spacial score (nSPS) is 22.0. The minimum Gasteiger partial charge on any atom is -0.261 e. The lowest BCUT2D eigenvalue weighted by molar-refractivity contribution is -0.748. The Kier molecular flexibility index (Phi) is 2.38. The van der Waals surface area contributed by atoms with Gasteiger partial charge in [0, 0.05) is 6.42 Å².